The summed E-state index contributed by atoms with van der Waals surface area (Å²) in [6.45, 7) is 0.984. The average molecular weight is 559 g/mol. The number of carbonyl (C=O) groups is 3. The number of thioether (sulfide) groups is 1. The highest BCUT2D eigenvalue weighted by atomic mass is 32.2. The van der Waals surface area contributed by atoms with E-state index in [0.29, 0.717) is 6.04 Å². The van der Waals surface area contributed by atoms with E-state index in [1.807, 2.05) is 48.3 Å². The Morgan fingerprint density at radius 2 is 1.72 bits per heavy atom. The van der Waals surface area contributed by atoms with Gasteiger partial charge in [-0.25, -0.2) is 9.59 Å². The first kappa shape index (κ1) is 30.3. The van der Waals surface area contributed by atoms with Crippen molar-refractivity contribution in [3.05, 3.63) is 48.0 Å². The summed E-state index contributed by atoms with van der Waals surface area (Å²) >= 11 is 1.66. The van der Waals surface area contributed by atoms with Crippen molar-refractivity contribution in [1.82, 2.24) is 4.90 Å². The van der Waals surface area contributed by atoms with Crippen LogP contribution in [0.15, 0.2) is 47.4 Å². The minimum Gasteiger partial charge on any atom is -0.497 e. The smallest absolute Gasteiger partial charge is 0.414 e. The van der Waals surface area contributed by atoms with Gasteiger partial charge in [0.2, 0.25) is 5.91 Å². The minimum absolute atomic E-state index is 0.0954. The van der Waals surface area contributed by atoms with Crippen molar-refractivity contribution in [2.75, 3.05) is 39.8 Å². The fourth-order valence-corrected chi connectivity index (χ4v) is 6.88. The second-order valence-electron chi connectivity index (χ2n) is 9.81. The molecular weight excluding hydrogens is 520 g/mol. The molecule has 1 atom stereocenters. The molecule has 1 aliphatic heterocycles. The number of carbonyl (C=O) groups excluding carboxylic acids is 1. The second-order valence-corrected chi connectivity index (χ2v) is 11.2. The third-order valence-corrected chi connectivity index (χ3v) is 8.94. The second kappa shape index (κ2) is 13.7. The van der Waals surface area contributed by atoms with Crippen LogP contribution in [0.4, 0.5) is 5.69 Å². The summed E-state index contributed by atoms with van der Waals surface area (Å²) in [6.07, 6.45) is 8.26. The fourth-order valence-electron chi connectivity index (χ4n) is 5.31. The topological polar surface area (TPSA) is 117 Å². The molecule has 1 saturated carbocycles. The lowest BCUT2D eigenvalue weighted by Gasteiger charge is -2.42. The van der Waals surface area contributed by atoms with Crippen molar-refractivity contribution in [1.29, 1.82) is 0 Å². The van der Waals surface area contributed by atoms with E-state index in [2.05, 4.69) is 18.0 Å². The molecule has 1 amide bonds. The molecule has 1 heterocycles. The predicted molar refractivity (Wildman–Crippen MR) is 151 cm³/mol. The van der Waals surface area contributed by atoms with Crippen molar-refractivity contribution in [3.8, 4) is 11.5 Å². The number of anilines is 1. The maximum atomic E-state index is 14.1. The van der Waals surface area contributed by atoms with Gasteiger partial charge in [0.05, 0.1) is 19.9 Å². The van der Waals surface area contributed by atoms with E-state index in [1.54, 1.807) is 26.0 Å². The fraction of sp³-hybridized carbons (Fsp3) is 0.483. The molecule has 0 spiro atoms. The van der Waals surface area contributed by atoms with E-state index in [0.717, 1.165) is 47.0 Å². The third kappa shape index (κ3) is 7.05. The number of rotatable bonds is 8. The first-order chi connectivity index (χ1) is 18.6. The average Bonchev–Trinajstić information content (AvgIpc) is 2.96. The maximum absolute atomic E-state index is 14.1. The summed E-state index contributed by atoms with van der Waals surface area (Å²) in [5.74, 6) is -2.09. The lowest BCUT2D eigenvalue weighted by Crippen LogP contribution is -2.47. The van der Waals surface area contributed by atoms with Crippen LogP contribution in [0.3, 0.4) is 0 Å². The zero-order chi connectivity index (χ0) is 28.6. The Hall–Kier alpha value is -3.24. The lowest BCUT2D eigenvalue weighted by molar-refractivity contribution is -0.159. The zero-order valence-corrected chi connectivity index (χ0v) is 23.8. The molecule has 0 aromatic heterocycles. The van der Waals surface area contributed by atoms with Gasteiger partial charge < -0.3 is 29.5 Å². The highest BCUT2D eigenvalue weighted by molar-refractivity contribution is 8.01. The van der Waals surface area contributed by atoms with Crippen molar-refractivity contribution in [3.63, 3.8) is 0 Å². The molecule has 0 bridgehead atoms. The third-order valence-electron chi connectivity index (χ3n) is 7.42. The molecular formula is C29H38N2O7S. The van der Waals surface area contributed by atoms with Crippen molar-refractivity contribution < 1.29 is 34.1 Å². The predicted octanol–water partition coefficient (Wildman–Crippen LogP) is 4.87. The van der Waals surface area contributed by atoms with Gasteiger partial charge in [0.15, 0.2) is 0 Å². The van der Waals surface area contributed by atoms with Crippen LogP contribution in [-0.2, 0) is 19.1 Å². The summed E-state index contributed by atoms with van der Waals surface area (Å²) in [7, 11) is 7.46. The summed E-state index contributed by atoms with van der Waals surface area (Å²) in [5.41, 5.74) is 1.85. The molecule has 1 unspecified atom stereocenters. The molecule has 212 valence electrons. The number of benzene rings is 2. The van der Waals surface area contributed by atoms with Gasteiger partial charge in [-0.15, -0.1) is 11.8 Å². The highest BCUT2D eigenvalue weighted by Crippen LogP contribution is 2.55. The number of nitrogens with zero attached hydrogens (tertiary/aromatic N) is 2. The van der Waals surface area contributed by atoms with E-state index in [9.17, 15) is 4.79 Å². The molecule has 1 aliphatic carbocycles. The molecule has 39 heavy (non-hydrogen) atoms. The van der Waals surface area contributed by atoms with Gasteiger partial charge in [-0.3, -0.25) is 4.79 Å². The first-order valence-corrected chi connectivity index (χ1v) is 13.9. The van der Waals surface area contributed by atoms with Crippen LogP contribution in [-0.4, -0.2) is 73.9 Å². The van der Waals surface area contributed by atoms with Crippen molar-refractivity contribution in [2.24, 2.45) is 0 Å². The molecule has 0 radical (unpaired) electrons. The Bertz CT molecular complexity index is 1160. The van der Waals surface area contributed by atoms with E-state index in [1.165, 1.54) is 32.1 Å². The van der Waals surface area contributed by atoms with Crippen LogP contribution < -0.4 is 14.4 Å². The Balaban J connectivity index is 0.000000631. The molecule has 4 rings (SSSR count). The number of fused-ring (bicyclic) bond motifs is 1. The van der Waals surface area contributed by atoms with Gasteiger partial charge in [-0.2, -0.15) is 0 Å². The minimum atomic E-state index is -1.82. The van der Waals surface area contributed by atoms with Gasteiger partial charge >= 0.3 is 11.9 Å². The number of ether oxygens (including phenoxy) is 2. The Labute approximate surface area is 234 Å². The van der Waals surface area contributed by atoms with Crippen LogP contribution in [0, 0.1) is 0 Å². The molecule has 0 saturated heterocycles. The van der Waals surface area contributed by atoms with Crippen LogP contribution >= 0.6 is 11.8 Å². The van der Waals surface area contributed by atoms with Crippen molar-refractivity contribution in [2.45, 2.75) is 60.6 Å². The van der Waals surface area contributed by atoms with E-state index in [-0.39, 0.29) is 5.91 Å². The number of carboxylic acid groups (broad SMARTS) is 2. The highest BCUT2D eigenvalue weighted by Gasteiger charge is 2.49. The van der Waals surface area contributed by atoms with Crippen LogP contribution in [0.1, 0.15) is 50.5 Å². The molecule has 2 aromatic rings. The zero-order valence-electron chi connectivity index (χ0n) is 23.0. The number of carboxylic acids is 2. The van der Waals surface area contributed by atoms with Crippen LogP contribution in [0.25, 0.3) is 0 Å². The largest absolute Gasteiger partial charge is 0.497 e. The molecule has 2 N–H and O–H groups in total. The lowest BCUT2D eigenvalue weighted by atomic mass is 9.89. The molecule has 2 aromatic carbocycles. The summed E-state index contributed by atoms with van der Waals surface area (Å²) in [5, 5.41) is 14.8. The molecule has 1 fully saturated rings. The number of methoxy groups -OCH3 is 2. The number of likely N-dealkylation sites (N-methyl/N-ethyl adjacent to an activating group) is 1. The van der Waals surface area contributed by atoms with E-state index >= 15 is 0 Å². The summed E-state index contributed by atoms with van der Waals surface area (Å²) in [6, 6.07) is 14.6. The first-order valence-electron chi connectivity index (χ1n) is 13.1. The monoisotopic (exact) mass is 558 g/mol. The Kier molecular flexibility index (Phi) is 10.7. The van der Waals surface area contributed by atoms with E-state index < -0.39 is 16.7 Å². The van der Waals surface area contributed by atoms with Gasteiger partial charge in [0.25, 0.3) is 0 Å². The summed E-state index contributed by atoms with van der Waals surface area (Å²) in [4.78, 5) is 37.7. The standard InChI is InChI=1S/C27H36N2O3S.C2H2O4/c1-28(20-11-6-5-7-12-20)18-10-17-27(22-19-21(31-3)15-16-24(22)32-4)26(30)29(2)23-13-8-9-14-25(23)33-27;3-1(4)2(5)6/h8-9,13-16,19-20H,5-7,10-12,17-18H2,1-4H3;(H,3,4)(H,5,6). The molecule has 9 nitrogen and oxygen atoms in total. The van der Waals surface area contributed by atoms with Gasteiger partial charge in [-0.1, -0.05) is 31.4 Å². The Morgan fingerprint density at radius 1 is 1.05 bits per heavy atom. The summed E-state index contributed by atoms with van der Waals surface area (Å²) < 4.78 is 10.5. The van der Waals surface area contributed by atoms with Gasteiger partial charge in [0, 0.05) is 23.5 Å². The van der Waals surface area contributed by atoms with Crippen molar-refractivity contribution >= 4 is 35.3 Å². The number of aliphatic carboxylic acids is 2. The van der Waals surface area contributed by atoms with Gasteiger partial charge in [-0.05, 0) is 69.6 Å². The van der Waals surface area contributed by atoms with Crippen LogP contribution in [0.2, 0.25) is 0 Å². The van der Waals surface area contributed by atoms with Gasteiger partial charge in [0.1, 0.15) is 16.2 Å². The quantitative estimate of drug-likeness (QED) is 0.438. The molecule has 2 aliphatic rings. The maximum Gasteiger partial charge on any atom is 0.414 e. The number of para-hydroxylation sites is 1. The Morgan fingerprint density at radius 3 is 2.33 bits per heavy atom. The molecule has 10 heteroatoms. The van der Waals surface area contributed by atoms with E-state index in [4.69, 9.17) is 29.3 Å². The SMILES string of the molecule is COc1ccc(OC)c(C2(CCCN(C)C3CCCCC3)Sc3ccccc3N(C)C2=O)c1.O=C(O)C(=O)O. The normalized spacial score (nSPS) is 19.1. The number of hydrogen-bond acceptors (Lipinski definition) is 7. The number of amides is 1. The van der Waals surface area contributed by atoms with Crippen LogP contribution in [0.5, 0.6) is 11.5 Å². The number of hydrogen-bond donors (Lipinski definition) is 2.